The molecule has 0 radical (unpaired) electrons. The number of ketones is 1. The van der Waals surface area contributed by atoms with Crippen molar-refractivity contribution in [2.75, 3.05) is 13.6 Å². The average Bonchev–Trinajstić information content (AvgIpc) is 2.29. The van der Waals surface area contributed by atoms with Gasteiger partial charge >= 0.3 is 6.15 Å². The molecule has 16 heavy (non-hydrogen) atoms. The van der Waals surface area contributed by atoms with Gasteiger partial charge in [-0.05, 0) is 19.4 Å². The molecular weight excluding hydrogens is 206 g/mol. The molecule has 0 saturated carbocycles. The van der Waals surface area contributed by atoms with Crippen molar-refractivity contribution < 1.29 is 14.4 Å². The van der Waals surface area contributed by atoms with Crippen molar-refractivity contribution in [1.29, 1.82) is 0 Å². The van der Waals surface area contributed by atoms with Crippen LogP contribution in [-0.2, 0) is 14.4 Å². The summed E-state index contributed by atoms with van der Waals surface area (Å²) in [4.78, 5) is 30.2. The maximum absolute atomic E-state index is 11.6. The van der Waals surface area contributed by atoms with E-state index in [1.165, 1.54) is 0 Å². The predicted molar refractivity (Wildman–Crippen MR) is 57.5 cm³/mol. The third-order valence-corrected chi connectivity index (χ3v) is 3.34. The van der Waals surface area contributed by atoms with Crippen molar-refractivity contribution in [3.05, 3.63) is 12.2 Å². The molecule has 2 bridgehead atoms. The van der Waals surface area contributed by atoms with Gasteiger partial charge in [0.15, 0.2) is 0 Å². The highest BCUT2D eigenvalue weighted by Gasteiger charge is 2.38. The normalized spacial score (nSPS) is 31.5. The van der Waals surface area contributed by atoms with Gasteiger partial charge in [0.2, 0.25) is 0 Å². The first kappa shape index (κ1) is 12.8. The maximum Gasteiger partial charge on any atom is 0.373 e. The van der Waals surface area contributed by atoms with Crippen LogP contribution in [0.4, 0.5) is 0 Å². The Morgan fingerprint density at radius 1 is 1.44 bits per heavy atom. The predicted octanol–water partition coefficient (Wildman–Crippen LogP) is 0.888. The van der Waals surface area contributed by atoms with Gasteiger partial charge in [0.1, 0.15) is 5.78 Å². The van der Waals surface area contributed by atoms with E-state index in [0.29, 0.717) is 24.2 Å². The van der Waals surface area contributed by atoms with Gasteiger partial charge in [-0.15, -0.1) is 0 Å². The van der Waals surface area contributed by atoms with Gasteiger partial charge in [-0.1, -0.05) is 19.1 Å². The van der Waals surface area contributed by atoms with E-state index < -0.39 is 0 Å². The van der Waals surface area contributed by atoms with Crippen molar-refractivity contribution in [3.8, 4) is 0 Å². The third kappa shape index (κ3) is 2.65. The van der Waals surface area contributed by atoms with E-state index in [9.17, 15) is 4.79 Å². The zero-order chi connectivity index (χ0) is 12.1. The summed E-state index contributed by atoms with van der Waals surface area (Å²) < 4.78 is 0. The number of rotatable bonds is 2. The summed E-state index contributed by atoms with van der Waals surface area (Å²) in [6.45, 7) is 3.10. The van der Waals surface area contributed by atoms with Gasteiger partial charge < -0.3 is 0 Å². The summed E-state index contributed by atoms with van der Waals surface area (Å²) >= 11 is 0. The molecule has 0 spiro atoms. The summed E-state index contributed by atoms with van der Waals surface area (Å²) in [5, 5.41) is 0. The molecule has 0 N–H and O–H groups in total. The standard InChI is InChI=1S/C11H17NO.CO2/c1-3-11(13)9-6-8-4-5-10(9)12(2)7-8;2-1-3/h4-5,8-10H,3,6-7H2,1-2H3;. The summed E-state index contributed by atoms with van der Waals surface area (Å²) in [6, 6.07) is 0.387. The van der Waals surface area contributed by atoms with Crippen LogP contribution >= 0.6 is 0 Å². The molecule has 2 heterocycles. The SMILES string of the molecule is CCC(=O)C1CC2C=CC1N(C)C2.O=C=O. The highest BCUT2D eigenvalue weighted by Crippen LogP contribution is 2.34. The highest BCUT2D eigenvalue weighted by atomic mass is 16.2. The Labute approximate surface area is 95.3 Å². The smallest absolute Gasteiger partial charge is 0.299 e. The van der Waals surface area contributed by atoms with Gasteiger partial charge in [-0.25, -0.2) is 0 Å². The second-order valence-corrected chi connectivity index (χ2v) is 4.32. The highest BCUT2D eigenvalue weighted by molar-refractivity contribution is 5.82. The van der Waals surface area contributed by atoms with Crippen LogP contribution in [0.3, 0.4) is 0 Å². The van der Waals surface area contributed by atoms with Crippen LogP contribution in [0.5, 0.6) is 0 Å². The molecule has 1 aliphatic carbocycles. The van der Waals surface area contributed by atoms with Crippen LogP contribution in [0.2, 0.25) is 0 Å². The largest absolute Gasteiger partial charge is 0.373 e. The summed E-state index contributed by atoms with van der Waals surface area (Å²) in [6.07, 6.45) is 6.52. The Balaban J connectivity index is 0.000000386. The Bertz CT molecular complexity index is 318. The lowest BCUT2D eigenvalue weighted by Crippen LogP contribution is -2.50. The number of piperidine rings is 1. The molecule has 3 aliphatic rings. The van der Waals surface area contributed by atoms with Crippen LogP contribution in [0.15, 0.2) is 12.2 Å². The van der Waals surface area contributed by atoms with Gasteiger partial charge in [0.25, 0.3) is 0 Å². The van der Waals surface area contributed by atoms with Gasteiger partial charge in [-0.2, -0.15) is 9.59 Å². The maximum atomic E-state index is 11.6. The zero-order valence-electron chi connectivity index (χ0n) is 9.68. The number of hydrogen-bond donors (Lipinski definition) is 0. The number of carbonyl (C=O) groups excluding carboxylic acids is 3. The van der Waals surface area contributed by atoms with Crippen molar-refractivity contribution in [2.24, 2.45) is 11.8 Å². The lowest BCUT2D eigenvalue weighted by Gasteiger charge is -2.44. The van der Waals surface area contributed by atoms with E-state index in [-0.39, 0.29) is 12.1 Å². The van der Waals surface area contributed by atoms with Gasteiger partial charge in [-0.3, -0.25) is 9.69 Å². The van der Waals surface area contributed by atoms with E-state index in [2.05, 4.69) is 24.1 Å². The lowest BCUT2D eigenvalue weighted by atomic mass is 9.75. The van der Waals surface area contributed by atoms with Crippen molar-refractivity contribution >= 4 is 11.9 Å². The molecule has 0 amide bonds. The Kier molecular flexibility index (Phi) is 4.59. The first-order chi connectivity index (χ1) is 7.63. The minimum Gasteiger partial charge on any atom is -0.299 e. The fraction of sp³-hybridized carbons (Fsp3) is 0.667. The molecule has 3 unspecified atom stereocenters. The van der Waals surface area contributed by atoms with E-state index in [0.717, 1.165) is 13.0 Å². The monoisotopic (exact) mass is 223 g/mol. The molecule has 0 aromatic rings. The summed E-state index contributed by atoms with van der Waals surface area (Å²) in [7, 11) is 2.12. The number of carbonyl (C=O) groups is 1. The average molecular weight is 223 g/mol. The molecule has 4 heteroatoms. The summed E-state index contributed by atoms with van der Waals surface area (Å²) in [5.74, 6) is 1.33. The minimum atomic E-state index is 0.250. The first-order valence-corrected chi connectivity index (χ1v) is 5.54. The zero-order valence-corrected chi connectivity index (χ0v) is 9.68. The second-order valence-electron chi connectivity index (χ2n) is 4.32. The molecule has 1 saturated heterocycles. The molecule has 88 valence electrons. The van der Waals surface area contributed by atoms with Crippen molar-refractivity contribution in [2.45, 2.75) is 25.8 Å². The number of Topliss-reactive ketones (excluding diaryl/α,β-unsaturated/α-hetero) is 1. The fourth-order valence-corrected chi connectivity index (χ4v) is 2.61. The minimum absolute atomic E-state index is 0.250. The number of hydrogen-bond acceptors (Lipinski definition) is 4. The van der Waals surface area contributed by atoms with E-state index in [4.69, 9.17) is 9.59 Å². The van der Waals surface area contributed by atoms with E-state index in [1.807, 2.05) is 6.92 Å². The van der Waals surface area contributed by atoms with Crippen molar-refractivity contribution in [1.82, 2.24) is 4.90 Å². The van der Waals surface area contributed by atoms with Crippen LogP contribution in [0.1, 0.15) is 19.8 Å². The number of fused-ring (bicyclic) bond motifs is 2. The second kappa shape index (κ2) is 5.73. The van der Waals surface area contributed by atoms with Gasteiger partial charge in [0.05, 0.1) is 0 Å². The molecule has 4 nitrogen and oxygen atoms in total. The molecule has 1 fully saturated rings. The summed E-state index contributed by atoms with van der Waals surface area (Å²) in [5.41, 5.74) is 0. The lowest BCUT2D eigenvalue weighted by molar-refractivity contribution is -0.191. The van der Waals surface area contributed by atoms with Crippen LogP contribution in [-0.4, -0.2) is 36.5 Å². The first-order valence-electron chi connectivity index (χ1n) is 5.54. The number of likely N-dealkylation sites (N-methyl/N-ethyl adjacent to an activating group) is 1. The third-order valence-electron chi connectivity index (χ3n) is 3.34. The van der Waals surface area contributed by atoms with Crippen LogP contribution < -0.4 is 0 Å². The molecule has 0 aromatic heterocycles. The fourth-order valence-electron chi connectivity index (χ4n) is 2.61. The molecule has 2 aliphatic heterocycles. The topological polar surface area (TPSA) is 54.5 Å². The Morgan fingerprint density at radius 2 is 2.06 bits per heavy atom. The van der Waals surface area contributed by atoms with E-state index >= 15 is 0 Å². The van der Waals surface area contributed by atoms with Crippen LogP contribution in [0, 0.1) is 11.8 Å². The molecular formula is C12H17NO3. The Hall–Kier alpha value is -1.25. The molecule has 3 atom stereocenters. The van der Waals surface area contributed by atoms with E-state index in [1.54, 1.807) is 0 Å². The molecule has 0 aromatic carbocycles. The van der Waals surface area contributed by atoms with Gasteiger partial charge in [0, 0.05) is 24.9 Å². The molecule has 3 rings (SSSR count). The van der Waals surface area contributed by atoms with Crippen LogP contribution in [0.25, 0.3) is 0 Å². The quantitative estimate of drug-likeness (QED) is 0.652. The van der Waals surface area contributed by atoms with Crippen molar-refractivity contribution in [3.63, 3.8) is 0 Å². The number of nitrogens with zero attached hydrogens (tertiary/aromatic N) is 1. The Morgan fingerprint density at radius 3 is 2.50 bits per heavy atom.